The van der Waals surface area contributed by atoms with E-state index in [4.69, 9.17) is 14.2 Å². The molecule has 4 aliphatic rings. The zero-order chi connectivity index (χ0) is 26.8. The van der Waals surface area contributed by atoms with Crippen molar-refractivity contribution in [3.05, 3.63) is 35.9 Å². The Balaban J connectivity index is 1.73. The van der Waals surface area contributed by atoms with Gasteiger partial charge in [0.25, 0.3) is 0 Å². The number of methoxy groups -OCH3 is 1. The molecule has 9 nitrogen and oxygen atoms in total. The number of esters is 1. The smallest absolute Gasteiger partial charge is 0.407 e. The third kappa shape index (κ3) is 3.50. The van der Waals surface area contributed by atoms with Crippen LogP contribution in [0.5, 0.6) is 5.75 Å². The normalized spacial score (nSPS) is 35.6. The van der Waals surface area contributed by atoms with Crippen LogP contribution < -0.4 is 15.0 Å². The molecule has 9 heteroatoms. The van der Waals surface area contributed by atoms with Gasteiger partial charge in [-0.1, -0.05) is 25.1 Å². The fourth-order valence-corrected chi connectivity index (χ4v) is 8.11. The Morgan fingerprint density at radius 3 is 2.68 bits per heavy atom. The molecule has 202 valence electrons. The van der Waals surface area contributed by atoms with Crippen molar-refractivity contribution in [2.75, 3.05) is 38.7 Å². The van der Waals surface area contributed by atoms with Gasteiger partial charge in [0.15, 0.2) is 0 Å². The Bertz CT molecular complexity index is 1120. The highest BCUT2D eigenvalue weighted by molar-refractivity contribution is 5.72. The van der Waals surface area contributed by atoms with Gasteiger partial charge in [-0.25, -0.2) is 4.79 Å². The van der Waals surface area contributed by atoms with Crippen LogP contribution >= 0.6 is 0 Å². The van der Waals surface area contributed by atoms with Crippen molar-refractivity contribution >= 4 is 17.7 Å². The number of ether oxygens (including phenoxy) is 3. The van der Waals surface area contributed by atoms with Gasteiger partial charge in [0.05, 0.1) is 25.8 Å². The molecule has 1 unspecified atom stereocenters. The largest absolute Gasteiger partial charge is 0.497 e. The number of hydrogen-bond acceptors (Lipinski definition) is 8. The maximum absolute atomic E-state index is 12.9. The van der Waals surface area contributed by atoms with Crippen molar-refractivity contribution in [3.8, 4) is 5.75 Å². The maximum Gasteiger partial charge on any atom is 0.407 e. The number of rotatable bonds is 6. The average molecular weight is 514 g/mol. The van der Waals surface area contributed by atoms with E-state index in [1.54, 1.807) is 21.0 Å². The Labute approximate surface area is 218 Å². The Morgan fingerprint density at radius 2 is 2.03 bits per heavy atom. The average Bonchev–Trinajstić information content (AvgIpc) is 3.37. The fourth-order valence-electron chi connectivity index (χ4n) is 8.11. The number of anilines is 1. The molecule has 3 heterocycles. The minimum Gasteiger partial charge on any atom is -0.497 e. The van der Waals surface area contributed by atoms with Gasteiger partial charge >= 0.3 is 12.1 Å². The summed E-state index contributed by atoms with van der Waals surface area (Å²) in [6.45, 7) is 8.56. The van der Waals surface area contributed by atoms with E-state index in [0.717, 1.165) is 36.5 Å². The van der Waals surface area contributed by atoms with E-state index in [0.29, 0.717) is 6.42 Å². The van der Waals surface area contributed by atoms with Crippen molar-refractivity contribution in [1.29, 1.82) is 0 Å². The summed E-state index contributed by atoms with van der Waals surface area (Å²) in [7, 11) is 3.62. The first kappa shape index (κ1) is 25.9. The van der Waals surface area contributed by atoms with E-state index in [9.17, 15) is 14.7 Å². The summed E-state index contributed by atoms with van der Waals surface area (Å²) in [4.78, 5) is 29.8. The van der Waals surface area contributed by atoms with E-state index in [1.807, 2.05) is 19.2 Å². The van der Waals surface area contributed by atoms with Crippen LogP contribution in [0, 0.1) is 5.41 Å². The van der Waals surface area contributed by atoms with E-state index in [2.05, 4.69) is 40.3 Å². The van der Waals surface area contributed by atoms with Crippen molar-refractivity contribution < 1.29 is 28.9 Å². The summed E-state index contributed by atoms with van der Waals surface area (Å²) < 4.78 is 17.0. The zero-order valence-corrected chi connectivity index (χ0v) is 22.6. The van der Waals surface area contributed by atoms with Crippen LogP contribution in [0.3, 0.4) is 0 Å². The summed E-state index contributed by atoms with van der Waals surface area (Å²) in [5.41, 5.74) is -0.584. The van der Waals surface area contributed by atoms with Gasteiger partial charge < -0.3 is 29.5 Å². The number of hydrogen-bond donors (Lipinski definition) is 2. The Hall–Kier alpha value is -2.78. The number of carbonyl (C=O) groups is 2. The first-order chi connectivity index (χ1) is 17.5. The molecule has 0 aromatic heterocycles. The quantitative estimate of drug-likeness (QED) is 0.442. The molecule has 6 atom stereocenters. The summed E-state index contributed by atoms with van der Waals surface area (Å²) in [6, 6.07) is 5.66. The highest BCUT2D eigenvalue weighted by atomic mass is 16.6. The number of amides is 1. The molecule has 1 aromatic carbocycles. The molecule has 0 bridgehead atoms. The number of aliphatic hydroxyl groups is 1. The molecule has 5 rings (SSSR count). The SMILES string of the molecule is CC[C@]12C=CCN3CC[C@@]4(c5ccc(OC)cc5N(C)[C@H]4C(O)(CNC(=O)OC(C)C)[C@@H]1OC(C)=O)[C@@H]32. The molecule has 2 fully saturated rings. The summed E-state index contributed by atoms with van der Waals surface area (Å²) in [6.07, 6.45) is 3.97. The van der Waals surface area contributed by atoms with Crippen LogP contribution in [0.15, 0.2) is 30.4 Å². The number of likely N-dealkylation sites (N-methyl/N-ethyl adjacent to an activating group) is 1. The van der Waals surface area contributed by atoms with E-state index in [1.165, 1.54) is 6.92 Å². The van der Waals surface area contributed by atoms with Crippen LogP contribution in [0.1, 0.15) is 46.1 Å². The van der Waals surface area contributed by atoms with Gasteiger partial charge in [-0.2, -0.15) is 0 Å². The van der Waals surface area contributed by atoms with Gasteiger partial charge in [-0.3, -0.25) is 9.69 Å². The zero-order valence-electron chi connectivity index (χ0n) is 22.6. The lowest BCUT2D eigenvalue weighted by Crippen LogP contribution is -2.81. The van der Waals surface area contributed by atoms with Gasteiger partial charge in [0.2, 0.25) is 0 Å². The van der Waals surface area contributed by atoms with Gasteiger partial charge in [-0.05, 0) is 44.9 Å². The van der Waals surface area contributed by atoms with Gasteiger partial charge in [0.1, 0.15) is 17.5 Å². The second-order valence-corrected chi connectivity index (χ2v) is 11.2. The molecule has 3 aliphatic heterocycles. The van der Waals surface area contributed by atoms with Crippen LogP contribution in [0.25, 0.3) is 0 Å². The lowest BCUT2D eigenvalue weighted by atomic mass is 9.47. The third-order valence-corrected chi connectivity index (χ3v) is 9.08. The molecular formula is C28H39N3O6. The third-order valence-electron chi connectivity index (χ3n) is 9.08. The molecule has 1 saturated heterocycles. The number of carbonyl (C=O) groups excluding carboxylic acids is 2. The monoisotopic (exact) mass is 513 g/mol. The molecule has 1 spiro atoms. The lowest BCUT2D eigenvalue weighted by molar-refractivity contribution is -0.217. The number of alkyl carbamates (subject to hydrolysis) is 1. The predicted molar refractivity (Wildman–Crippen MR) is 139 cm³/mol. The van der Waals surface area contributed by atoms with Crippen molar-refractivity contribution in [1.82, 2.24) is 10.2 Å². The molecule has 1 saturated carbocycles. The van der Waals surface area contributed by atoms with Crippen LogP contribution in [0.4, 0.5) is 10.5 Å². The van der Waals surface area contributed by atoms with Crippen molar-refractivity contribution in [2.45, 2.75) is 75.8 Å². The molecular weight excluding hydrogens is 474 g/mol. The van der Waals surface area contributed by atoms with Crippen molar-refractivity contribution in [3.63, 3.8) is 0 Å². The van der Waals surface area contributed by atoms with Crippen LogP contribution in [-0.4, -0.2) is 85.8 Å². The molecule has 2 N–H and O–H groups in total. The van der Waals surface area contributed by atoms with E-state index < -0.39 is 40.6 Å². The second-order valence-electron chi connectivity index (χ2n) is 11.2. The summed E-state index contributed by atoms with van der Waals surface area (Å²) in [5, 5.41) is 15.7. The molecule has 0 radical (unpaired) electrons. The molecule has 1 aromatic rings. The highest BCUT2D eigenvalue weighted by Gasteiger charge is 2.77. The predicted octanol–water partition coefficient (Wildman–Crippen LogP) is 2.60. The fraction of sp³-hybridized carbons (Fsp3) is 0.643. The first-order valence-electron chi connectivity index (χ1n) is 13.2. The maximum atomic E-state index is 12.9. The summed E-state index contributed by atoms with van der Waals surface area (Å²) in [5.74, 6) is 0.274. The minimum absolute atomic E-state index is 0.00401. The van der Waals surface area contributed by atoms with E-state index >= 15 is 0 Å². The van der Waals surface area contributed by atoms with E-state index in [-0.39, 0.29) is 18.7 Å². The number of benzene rings is 1. The summed E-state index contributed by atoms with van der Waals surface area (Å²) >= 11 is 0. The second kappa shape index (κ2) is 8.91. The highest BCUT2D eigenvalue weighted by Crippen LogP contribution is 2.67. The lowest BCUT2D eigenvalue weighted by Gasteiger charge is -2.64. The topological polar surface area (TPSA) is 101 Å². The Morgan fingerprint density at radius 1 is 1.27 bits per heavy atom. The number of nitrogens with one attached hydrogen (secondary N) is 1. The van der Waals surface area contributed by atoms with Crippen LogP contribution in [0.2, 0.25) is 0 Å². The van der Waals surface area contributed by atoms with Gasteiger partial charge in [-0.15, -0.1) is 0 Å². The Kier molecular flexibility index (Phi) is 6.22. The molecule has 37 heavy (non-hydrogen) atoms. The number of fused-ring (bicyclic) bond motifs is 1. The molecule has 1 amide bonds. The minimum atomic E-state index is -1.62. The van der Waals surface area contributed by atoms with Gasteiger partial charge in [0, 0.05) is 49.1 Å². The van der Waals surface area contributed by atoms with Crippen molar-refractivity contribution in [2.24, 2.45) is 5.41 Å². The standard InChI is InChI=1S/C28H39N3O6/c1-7-26-11-8-13-31-14-12-27(22(26)31)20-10-9-19(35-6)15-21(20)30(5)23(27)28(34,24(26)37-18(4)32)16-29-25(33)36-17(2)3/h8-11,15,17,22-24,34H,7,12-14,16H2,1-6H3,(H,29,33)/t22-,23+,24+,26+,27+,28?/m0/s1. The van der Waals surface area contributed by atoms with Crippen LogP contribution in [-0.2, 0) is 19.7 Å². The number of nitrogens with zero attached hydrogens (tertiary/aromatic N) is 2. The molecule has 1 aliphatic carbocycles. The first-order valence-corrected chi connectivity index (χ1v) is 13.2.